The predicted octanol–water partition coefficient (Wildman–Crippen LogP) is 2.74. The smallest absolute Gasteiger partial charge is 0.312 e. The largest absolute Gasteiger partial charge is 0.324 e. The Kier molecular flexibility index (Phi) is 5.29. The van der Waals surface area contributed by atoms with Gasteiger partial charge in [-0.2, -0.15) is 0 Å². The van der Waals surface area contributed by atoms with E-state index in [1.807, 2.05) is 66.7 Å². The van der Waals surface area contributed by atoms with E-state index in [9.17, 15) is 9.59 Å². The number of carbonyl (C=O) groups excluding carboxylic acids is 2. The lowest BCUT2D eigenvalue weighted by atomic mass is 10.1. The molecule has 2 fully saturated rings. The molecule has 0 bridgehead atoms. The maximum Gasteiger partial charge on any atom is 0.312 e. The first kappa shape index (κ1) is 19.1. The molecule has 29 heavy (non-hydrogen) atoms. The quantitative estimate of drug-likeness (QED) is 0.594. The van der Waals surface area contributed by atoms with Crippen LogP contribution in [0.15, 0.2) is 72.1 Å². The summed E-state index contributed by atoms with van der Waals surface area (Å²) in [5.74, 6) is -1.84. The predicted molar refractivity (Wildman–Crippen MR) is 109 cm³/mol. The molecule has 0 aromatic heterocycles. The van der Waals surface area contributed by atoms with E-state index in [4.69, 9.17) is 9.47 Å². The summed E-state index contributed by atoms with van der Waals surface area (Å²) < 4.78 is 11.4. The van der Waals surface area contributed by atoms with Crippen molar-refractivity contribution in [2.75, 3.05) is 26.8 Å². The molecule has 2 aliphatic rings. The van der Waals surface area contributed by atoms with E-state index < -0.39 is 5.91 Å². The second-order valence-corrected chi connectivity index (χ2v) is 6.88. The number of amides is 1. The molecular formula is C23H22N2O4. The van der Waals surface area contributed by atoms with Crippen molar-refractivity contribution < 1.29 is 19.1 Å². The molecule has 0 unspecified atom stereocenters. The molecule has 6 nitrogen and oxygen atoms in total. The number of benzene rings is 2. The van der Waals surface area contributed by atoms with Crippen molar-refractivity contribution in [2.45, 2.75) is 5.91 Å². The van der Waals surface area contributed by atoms with Crippen LogP contribution < -0.4 is 0 Å². The highest BCUT2D eigenvalue weighted by molar-refractivity contribution is 6.00. The molecule has 1 amide bonds. The van der Waals surface area contributed by atoms with E-state index in [0.29, 0.717) is 12.0 Å². The van der Waals surface area contributed by atoms with Crippen LogP contribution in [0.3, 0.4) is 0 Å². The standard InChI is InChI=1S/C23H22N2O4/c1-24-20(14-18-8-4-2-5-9-18)16-25(23(17-26)28-12-13-29-23)21(22(24)27)15-19-10-6-3-7-11-19/h2-11,14-15,17H,12-13,16H2,1H3. The summed E-state index contributed by atoms with van der Waals surface area (Å²) in [6, 6.07) is 19.2. The second-order valence-electron chi connectivity index (χ2n) is 6.88. The first-order chi connectivity index (χ1) is 14.1. The van der Waals surface area contributed by atoms with E-state index in [2.05, 4.69) is 0 Å². The van der Waals surface area contributed by atoms with Gasteiger partial charge in [0.15, 0.2) is 0 Å². The number of hydrogen-bond acceptors (Lipinski definition) is 5. The molecule has 2 aliphatic heterocycles. The van der Waals surface area contributed by atoms with Crippen LogP contribution in [-0.4, -0.2) is 54.7 Å². The van der Waals surface area contributed by atoms with Gasteiger partial charge in [0.05, 0.1) is 19.8 Å². The molecule has 0 radical (unpaired) electrons. The van der Waals surface area contributed by atoms with Gasteiger partial charge in [-0.1, -0.05) is 60.7 Å². The summed E-state index contributed by atoms with van der Waals surface area (Å²) in [6.45, 7) is 0.861. The fourth-order valence-electron chi connectivity index (χ4n) is 3.48. The first-order valence-corrected chi connectivity index (χ1v) is 9.45. The molecular weight excluding hydrogens is 368 g/mol. The van der Waals surface area contributed by atoms with Gasteiger partial charge < -0.3 is 19.3 Å². The van der Waals surface area contributed by atoms with Crippen LogP contribution in [-0.2, 0) is 19.1 Å². The number of likely N-dealkylation sites (N-methyl/N-ethyl adjacent to an activating group) is 1. The maximum atomic E-state index is 13.3. The number of rotatable bonds is 4. The minimum absolute atomic E-state index is 0.234. The number of ether oxygens (including phenoxy) is 2. The molecule has 0 N–H and O–H groups in total. The number of nitrogens with zero attached hydrogens (tertiary/aromatic N) is 2. The summed E-state index contributed by atoms with van der Waals surface area (Å²) in [4.78, 5) is 28.5. The van der Waals surface area contributed by atoms with Crippen molar-refractivity contribution in [2.24, 2.45) is 0 Å². The van der Waals surface area contributed by atoms with Crippen LogP contribution in [0.2, 0.25) is 0 Å². The molecule has 0 atom stereocenters. The Hall–Kier alpha value is -3.22. The summed E-state index contributed by atoms with van der Waals surface area (Å²) >= 11 is 0. The molecule has 2 saturated heterocycles. The van der Waals surface area contributed by atoms with Crippen LogP contribution in [0.5, 0.6) is 0 Å². The van der Waals surface area contributed by atoms with Gasteiger partial charge in [-0.3, -0.25) is 9.59 Å². The molecule has 2 aromatic rings. The molecule has 2 heterocycles. The van der Waals surface area contributed by atoms with Gasteiger partial charge in [0.2, 0.25) is 6.29 Å². The van der Waals surface area contributed by atoms with Crippen LogP contribution >= 0.6 is 0 Å². The van der Waals surface area contributed by atoms with E-state index in [1.165, 1.54) is 0 Å². The minimum atomic E-state index is -1.60. The molecule has 0 saturated carbocycles. The van der Waals surface area contributed by atoms with Crippen molar-refractivity contribution in [3.8, 4) is 0 Å². The van der Waals surface area contributed by atoms with Gasteiger partial charge in [0.1, 0.15) is 5.70 Å². The van der Waals surface area contributed by atoms with Gasteiger partial charge in [0, 0.05) is 12.7 Å². The van der Waals surface area contributed by atoms with Crippen molar-refractivity contribution in [1.82, 2.24) is 9.80 Å². The summed E-state index contributed by atoms with van der Waals surface area (Å²) in [5, 5.41) is 0. The Labute approximate surface area is 169 Å². The Balaban J connectivity index is 1.79. The summed E-state index contributed by atoms with van der Waals surface area (Å²) in [6.07, 6.45) is 4.31. The van der Waals surface area contributed by atoms with Gasteiger partial charge in [-0.25, -0.2) is 0 Å². The topological polar surface area (TPSA) is 59.1 Å². The van der Waals surface area contributed by atoms with Gasteiger partial charge in [0.25, 0.3) is 5.91 Å². The first-order valence-electron chi connectivity index (χ1n) is 9.45. The van der Waals surface area contributed by atoms with Crippen molar-refractivity contribution in [3.05, 3.63) is 83.2 Å². The lowest BCUT2D eigenvalue weighted by Crippen LogP contribution is -2.57. The van der Waals surface area contributed by atoms with Crippen LogP contribution in [0.25, 0.3) is 12.2 Å². The number of carbonyl (C=O) groups is 2. The van der Waals surface area contributed by atoms with Crippen molar-refractivity contribution >= 4 is 24.3 Å². The second kappa shape index (κ2) is 8.03. The highest BCUT2D eigenvalue weighted by Crippen LogP contribution is 2.33. The average Bonchev–Trinajstić information content (AvgIpc) is 3.25. The van der Waals surface area contributed by atoms with Gasteiger partial charge in [-0.05, 0) is 23.3 Å². The van der Waals surface area contributed by atoms with Crippen LogP contribution in [0.4, 0.5) is 0 Å². The zero-order valence-electron chi connectivity index (χ0n) is 16.2. The lowest BCUT2D eigenvalue weighted by Gasteiger charge is -2.43. The molecule has 0 spiro atoms. The number of aldehydes is 1. The lowest BCUT2D eigenvalue weighted by molar-refractivity contribution is -0.225. The van der Waals surface area contributed by atoms with E-state index in [-0.39, 0.29) is 25.7 Å². The van der Waals surface area contributed by atoms with E-state index >= 15 is 0 Å². The molecule has 6 heteroatoms. The molecule has 4 rings (SSSR count). The Morgan fingerprint density at radius 2 is 1.45 bits per heavy atom. The third kappa shape index (κ3) is 3.72. The SMILES string of the molecule is CN1C(=O)C(=Cc2ccccc2)N(C2(C=O)OCCO2)CC1=Cc1ccccc1. The fourth-order valence-corrected chi connectivity index (χ4v) is 3.48. The normalized spacial score (nSPS) is 21.8. The van der Waals surface area contributed by atoms with Crippen LogP contribution in [0, 0.1) is 0 Å². The third-order valence-electron chi connectivity index (χ3n) is 5.03. The zero-order valence-corrected chi connectivity index (χ0v) is 16.2. The Bertz CT molecular complexity index is 947. The fraction of sp³-hybridized carbons (Fsp3) is 0.217. The summed E-state index contributed by atoms with van der Waals surface area (Å²) in [7, 11) is 1.73. The Morgan fingerprint density at radius 1 is 0.897 bits per heavy atom. The van der Waals surface area contributed by atoms with E-state index in [0.717, 1.165) is 16.8 Å². The zero-order chi connectivity index (χ0) is 20.3. The van der Waals surface area contributed by atoms with Gasteiger partial charge >= 0.3 is 5.91 Å². The third-order valence-corrected chi connectivity index (χ3v) is 5.03. The molecule has 148 valence electrons. The minimum Gasteiger partial charge on any atom is -0.324 e. The molecule has 2 aromatic carbocycles. The highest BCUT2D eigenvalue weighted by Gasteiger charge is 2.48. The number of hydrogen-bond donors (Lipinski definition) is 0. The van der Waals surface area contributed by atoms with E-state index in [1.54, 1.807) is 22.9 Å². The summed E-state index contributed by atoms with van der Waals surface area (Å²) in [5.41, 5.74) is 2.90. The average molecular weight is 390 g/mol. The monoisotopic (exact) mass is 390 g/mol. The highest BCUT2D eigenvalue weighted by atomic mass is 16.8. The number of piperazine rings is 1. The van der Waals surface area contributed by atoms with Crippen molar-refractivity contribution in [1.29, 1.82) is 0 Å². The molecule has 0 aliphatic carbocycles. The van der Waals surface area contributed by atoms with Gasteiger partial charge in [-0.15, -0.1) is 0 Å². The maximum absolute atomic E-state index is 13.3. The van der Waals surface area contributed by atoms with Crippen molar-refractivity contribution in [3.63, 3.8) is 0 Å². The Morgan fingerprint density at radius 3 is 2.00 bits per heavy atom. The van der Waals surface area contributed by atoms with Crippen LogP contribution in [0.1, 0.15) is 11.1 Å².